The topological polar surface area (TPSA) is 179 Å². The molecule has 38 heavy (non-hydrogen) atoms. The Bertz CT molecular complexity index is 752. The van der Waals surface area contributed by atoms with Gasteiger partial charge < -0.3 is 31.2 Å². The van der Waals surface area contributed by atoms with Gasteiger partial charge in [-0.05, 0) is 66.2 Å². The maximum absolute atomic E-state index is 12.1. The summed E-state index contributed by atoms with van der Waals surface area (Å²) in [7, 11) is 0. The number of rotatable bonds is 8. The second-order valence-electron chi connectivity index (χ2n) is 13.0. The molecule has 2 rings (SSSR count). The molecule has 0 bridgehead atoms. The first-order valence-electron chi connectivity index (χ1n) is 13.8. The van der Waals surface area contributed by atoms with Crippen molar-refractivity contribution >= 4 is 23.9 Å². The molecule has 0 aromatic heterocycles. The highest BCUT2D eigenvalue weighted by atomic mass is 16.6. The van der Waals surface area contributed by atoms with Crippen LogP contribution in [0.2, 0.25) is 0 Å². The first kappa shape index (κ1) is 33.8. The van der Waals surface area contributed by atoms with Gasteiger partial charge in [-0.1, -0.05) is 64.2 Å². The van der Waals surface area contributed by atoms with Crippen molar-refractivity contribution in [2.24, 2.45) is 23.3 Å². The second kappa shape index (κ2) is 13.7. The lowest BCUT2D eigenvalue weighted by molar-refractivity contribution is -0.172. The summed E-state index contributed by atoms with van der Waals surface area (Å²) in [4.78, 5) is 46.9. The van der Waals surface area contributed by atoms with Gasteiger partial charge in [-0.25, -0.2) is 19.2 Å². The molecule has 220 valence electrons. The van der Waals surface area contributed by atoms with E-state index >= 15 is 0 Å². The van der Waals surface area contributed by atoms with E-state index in [1.165, 1.54) is 12.8 Å². The zero-order valence-corrected chi connectivity index (χ0v) is 24.1. The van der Waals surface area contributed by atoms with Crippen LogP contribution in [0.15, 0.2) is 0 Å². The van der Waals surface area contributed by atoms with Crippen LogP contribution in [0, 0.1) is 11.8 Å². The van der Waals surface area contributed by atoms with Crippen molar-refractivity contribution < 1.29 is 38.9 Å². The Morgan fingerprint density at radius 1 is 0.605 bits per heavy atom. The highest BCUT2D eigenvalue weighted by molar-refractivity contribution is 6.04. The summed E-state index contributed by atoms with van der Waals surface area (Å²) in [5.74, 6) is -3.87. The third kappa shape index (κ3) is 10.9. The summed E-state index contributed by atoms with van der Waals surface area (Å²) in [6.45, 7) is 10.2. The Morgan fingerprint density at radius 2 is 0.868 bits per heavy atom. The molecule has 2 aliphatic carbocycles. The normalized spacial score (nSPS) is 20.6. The van der Waals surface area contributed by atoms with Crippen molar-refractivity contribution in [2.75, 3.05) is 0 Å². The van der Waals surface area contributed by atoms with Gasteiger partial charge in [0, 0.05) is 0 Å². The monoisotopic (exact) mass is 542 g/mol. The molecule has 0 aromatic rings. The van der Waals surface area contributed by atoms with E-state index in [-0.39, 0.29) is 24.7 Å². The number of carboxylic acids is 2. The number of esters is 2. The molecule has 10 heteroatoms. The molecule has 0 saturated heterocycles. The third-order valence-electron chi connectivity index (χ3n) is 6.96. The molecular formula is C28H50N2O8. The predicted molar refractivity (Wildman–Crippen MR) is 143 cm³/mol. The minimum Gasteiger partial charge on any atom is -0.479 e. The molecule has 0 spiro atoms. The number of hydrogen-bond donors (Lipinski definition) is 4. The number of carboxylic acid groups (broad SMARTS) is 2. The molecule has 2 saturated carbocycles. The van der Waals surface area contributed by atoms with Gasteiger partial charge >= 0.3 is 23.9 Å². The van der Waals surface area contributed by atoms with E-state index in [1.54, 1.807) is 41.5 Å². The molecule has 2 atom stereocenters. The minimum atomic E-state index is -1.92. The van der Waals surface area contributed by atoms with Crippen LogP contribution in [0.5, 0.6) is 0 Å². The third-order valence-corrected chi connectivity index (χ3v) is 6.96. The van der Waals surface area contributed by atoms with Crippen LogP contribution < -0.4 is 11.5 Å². The molecule has 6 N–H and O–H groups in total. The molecule has 0 radical (unpaired) electrons. The van der Waals surface area contributed by atoms with Gasteiger partial charge in [-0.2, -0.15) is 0 Å². The molecular weight excluding hydrogens is 492 g/mol. The van der Waals surface area contributed by atoms with Crippen molar-refractivity contribution in [1.82, 2.24) is 0 Å². The maximum atomic E-state index is 12.1. The molecule has 0 amide bonds. The Morgan fingerprint density at radius 3 is 1.08 bits per heavy atom. The van der Waals surface area contributed by atoms with Crippen molar-refractivity contribution in [3.63, 3.8) is 0 Å². The molecule has 0 heterocycles. The quantitative estimate of drug-likeness (QED) is 0.257. The van der Waals surface area contributed by atoms with Crippen LogP contribution in [0.3, 0.4) is 0 Å². The first-order chi connectivity index (χ1) is 17.3. The van der Waals surface area contributed by atoms with E-state index < -0.39 is 46.2 Å². The zero-order chi connectivity index (χ0) is 29.4. The van der Waals surface area contributed by atoms with Crippen molar-refractivity contribution in [3.05, 3.63) is 0 Å². The average molecular weight is 543 g/mol. The van der Waals surface area contributed by atoms with Gasteiger partial charge in [-0.3, -0.25) is 0 Å². The Labute approximate surface area is 227 Å². The average Bonchev–Trinajstić information content (AvgIpc) is 2.78. The van der Waals surface area contributed by atoms with E-state index in [2.05, 4.69) is 0 Å². The van der Waals surface area contributed by atoms with E-state index in [0.29, 0.717) is 0 Å². The highest BCUT2D eigenvalue weighted by Crippen LogP contribution is 2.32. The summed E-state index contributed by atoms with van der Waals surface area (Å²) in [5.41, 5.74) is 6.39. The summed E-state index contributed by atoms with van der Waals surface area (Å²) >= 11 is 0. The summed E-state index contributed by atoms with van der Waals surface area (Å²) in [6, 6.07) is 0. The molecule has 2 aliphatic rings. The number of aliphatic carboxylic acids is 2. The minimum absolute atomic E-state index is 0.164. The van der Waals surface area contributed by atoms with Gasteiger partial charge in [0.05, 0.1) is 0 Å². The second-order valence-corrected chi connectivity index (χ2v) is 13.0. The Hall–Kier alpha value is -2.20. The number of carbonyl (C=O) groups is 4. The van der Waals surface area contributed by atoms with Gasteiger partial charge in [0.1, 0.15) is 11.2 Å². The van der Waals surface area contributed by atoms with E-state index in [9.17, 15) is 29.4 Å². The molecule has 2 fully saturated rings. The van der Waals surface area contributed by atoms with E-state index in [1.807, 2.05) is 0 Å². The maximum Gasteiger partial charge on any atom is 0.338 e. The number of hydrogen-bond acceptors (Lipinski definition) is 8. The highest BCUT2D eigenvalue weighted by Gasteiger charge is 2.48. The van der Waals surface area contributed by atoms with Crippen molar-refractivity contribution in [3.8, 4) is 0 Å². The summed E-state index contributed by atoms with van der Waals surface area (Å²) < 4.78 is 10.3. The number of ether oxygens (including phenoxy) is 2. The first-order valence-corrected chi connectivity index (χ1v) is 13.8. The van der Waals surface area contributed by atoms with Crippen molar-refractivity contribution in [2.45, 2.75) is 141 Å². The standard InChI is InChI=1S/2C14H25NO4/c2*1-13(2,3)19-12(18)14(15,11(16)17)9-10-7-5-4-6-8-10/h2*10H,4-9,15H2,1-3H3,(H,16,17)/t2*14-/m10/s1. The SMILES string of the molecule is CC(C)(C)OC(=O)[C@@](N)(CC1CCCCC1)C(=O)O.CC(C)(C)OC(=O)[C@](N)(CC1CCCCC1)C(=O)O. The lowest BCUT2D eigenvalue weighted by Gasteiger charge is -2.32. The molecule has 0 aromatic carbocycles. The lowest BCUT2D eigenvalue weighted by atomic mass is 9.79. The van der Waals surface area contributed by atoms with E-state index in [4.69, 9.17) is 20.9 Å². The molecule has 0 aliphatic heterocycles. The largest absolute Gasteiger partial charge is 0.479 e. The van der Waals surface area contributed by atoms with Gasteiger partial charge in [0.15, 0.2) is 0 Å². The van der Waals surface area contributed by atoms with Crippen LogP contribution in [0.25, 0.3) is 0 Å². The van der Waals surface area contributed by atoms with Crippen LogP contribution in [0.4, 0.5) is 0 Å². The Balaban J connectivity index is 0.000000380. The lowest BCUT2D eigenvalue weighted by Crippen LogP contribution is -2.58. The van der Waals surface area contributed by atoms with Crippen LogP contribution >= 0.6 is 0 Å². The number of nitrogens with two attached hydrogens (primary N) is 2. The summed E-state index contributed by atoms with van der Waals surface area (Å²) in [5, 5.41) is 18.6. The smallest absolute Gasteiger partial charge is 0.338 e. The fraction of sp³-hybridized carbons (Fsp3) is 0.857. The fourth-order valence-corrected chi connectivity index (χ4v) is 4.95. The van der Waals surface area contributed by atoms with Crippen LogP contribution in [0.1, 0.15) is 119 Å². The van der Waals surface area contributed by atoms with Gasteiger partial charge in [-0.15, -0.1) is 0 Å². The van der Waals surface area contributed by atoms with Crippen LogP contribution in [-0.4, -0.2) is 56.4 Å². The number of carbonyl (C=O) groups excluding carboxylic acids is 2. The van der Waals surface area contributed by atoms with Gasteiger partial charge in [0.25, 0.3) is 0 Å². The zero-order valence-electron chi connectivity index (χ0n) is 24.1. The van der Waals surface area contributed by atoms with Crippen molar-refractivity contribution in [1.29, 1.82) is 0 Å². The van der Waals surface area contributed by atoms with E-state index in [0.717, 1.165) is 51.4 Å². The molecule has 10 nitrogen and oxygen atoms in total. The summed E-state index contributed by atoms with van der Waals surface area (Å²) in [6.07, 6.45) is 10.7. The Kier molecular flexibility index (Phi) is 12.2. The van der Waals surface area contributed by atoms with Gasteiger partial charge in [0.2, 0.25) is 11.1 Å². The predicted octanol–water partition coefficient (Wildman–Crippen LogP) is 4.16. The molecule has 0 unspecified atom stereocenters. The van der Waals surface area contributed by atoms with Crippen LogP contribution in [-0.2, 0) is 28.7 Å². The fourth-order valence-electron chi connectivity index (χ4n) is 4.95.